The lowest BCUT2D eigenvalue weighted by atomic mass is 9.97. The van der Waals surface area contributed by atoms with Crippen molar-refractivity contribution in [2.75, 3.05) is 0 Å². The van der Waals surface area contributed by atoms with Crippen LogP contribution in [0.3, 0.4) is 0 Å². The zero-order valence-electron chi connectivity index (χ0n) is 13.9. The second kappa shape index (κ2) is 8.13. The number of aliphatic hydroxyl groups is 2. The highest BCUT2D eigenvalue weighted by molar-refractivity contribution is 5.95. The van der Waals surface area contributed by atoms with Crippen LogP contribution in [0.1, 0.15) is 42.1 Å². The van der Waals surface area contributed by atoms with Gasteiger partial charge in [-0.15, -0.1) is 0 Å². The predicted molar refractivity (Wildman–Crippen MR) is 88.4 cm³/mol. The van der Waals surface area contributed by atoms with E-state index in [2.05, 4.69) is 0 Å². The Hall–Kier alpha value is -2.38. The van der Waals surface area contributed by atoms with E-state index < -0.39 is 30.1 Å². The Balaban J connectivity index is 2.34. The molecule has 0 fully saturated rings. The molecule has 4 N–H and O–H groups in total. The first kappa shape index (κ1) is 19.0. The summed E-state index contributed by atoms with van der Waals surface area (Å²) in [7, 11) is 0. The lowest BCUT2D eigenvalue weighted by molar-refractivity contribution is -0.128. The molecule has 7 heteroatoms. The number of phenolic OH excluding ortho intramolecular Hbond substituents is 2. The molecule has 0 amide bonds. The van der Waals surface area contributed by atoms with Crippen LogP contribution >= 0.6 is 0 Å². The van der Waals surface area contributed by atoms with E-state index >= 15 is 0 Å². The summed E-state index contributed by atoms with van der Waals surface area (Å²) in [5.74, 6) is -1.92. The number of cyclic esters (lactones) is 1. The number of aryl methyl sites for hydroxylation is 1. The molecule has 2 rings (SSSR count). The topological polar surface area (TPSA) is 124 Å². The van der Waals surface area contributed by atoms with Crippen molar-refractivity contribution >= 4 is 11.8 Å². The zero-order chi connectivity index (χ0) is 18.6. The predicted octanol–water partition coefficient (Wildman–Crippen LogP) is 1.22. The second-order valence-corrected chi connectivity index (χ2v) is 6.16. The molecule has 0 spiro atoms. The Kier molecular flexibility index (Phi) is 6.17. The molecule has 1 aliphatic heterocycles. The molecule has 0 saturated heterocycles. The van der Waals surface area contributed by atoms with Gasteiger partial charge >= 0.3 is 5.97 Å². The molecule has 136 valence electrons. The van der Waals surface area contributed by atoms with Crippen LogP contribution in [0, 0.1) is 0 Å². The van der Waals surface area contributed by atoms with Crippen LogP contribution in [0.2, 0.25) is 0 Å². The number of carbonyl (C=O) groups excluding carboxylic acids is 2. The summed E-state index contributed by atoms with van der Waals surface area (Å²) in [6, 6.07) is 2.41. The van der Waals surface area contributed by atoms with Crippen molar-refractivity contribution < 1.29 is 34.8 Å². The van der Waals surface area contributed by atoms with Crippen molar-refractivity contribution in [1.82, 2.24) is 0 Å². The third-order valence-corrected chi connectivity index (χ3v) is 4.05. The normalized spacial score (nSPS) is 27.1. The monoisotopic (exact) mass is 350 g/mol. The molecule has 0 aliphatic carbocycles. The molecule has 1 heterocycles. The largest absolute Gasteiger partial charge is 0.508 e. The van der Waals surface area contributed by atoms with E-state index in [1.807, 2.05) is 0 Å². The summed E-state index contributed by atoms with van der Waals surface area (Å²) in [5.41, 5.74) is 0.340. The number of hydrogen-bond acceptors (Lipinski definition) is 7. The zero-order valence-corrected chi connectivity index (χ0v) is 13.9. The molecule has 1 aliphatic rings. The van der Waals surface area contributed by atoms with E-state index in [9.17, 15) is 30.0 Å². The molecule has 1 aromatic carbocycles. The van der Waals surface area contributed by atoms with Crippen molar-refractivity contribution in [3.63, 3.8) is 0 Å². The average Bonchev–Trinajstić information content (AvgIpc) is 2.52. The third-order valence-electron chi connectivity index (χ3n) is 4.05. The lowest BCUT2D eigenvalue weighted by Gasteiger charge is -2.18. The van der Waals surface area contributed by atoms with Crippen LogP contribution in [0.15, 0.2) is 24.3 Å². The van der Waals surface area contributed by atoms with E-state index in [0.29, 0.717) is 12.0 Å². The van der Waals surface area contributed by atoms with E-state index in [1.54, 1.807) is 6.92 Å². The highest BCUT2D eigenvalue weighted by Crippen LogP contribution is 2.30. The number of aromatic hydroxyl groups is 2. The number of rotatable bonds is 0. The first-order chi connectivity index (χ1) is 11.8. The van der Waals surface area contributed by atoms with Gasteiger partial charge in [0.1, 0.15) is 29.3 Å². The molecule has 1 aromatic rings. The standard InChI is InChI=1S/C18H22O7/c1-10-4-2-6-13(20)17(23)14(21)7-3-5-11-8-12(19)9-15(22)16(11)18(24)25-10/h2,6,8-10,14,17,19,21-23H,3-5,7H2,1H3/b6-2-/t10-,14+,17-/m1/s1. The third kappa shape index (κ3) is 4.80. The van der Waals surface area contributed by atoms with Gasteiger partial charge in [0.25, 0.3) is 0 Å². The number of hydrogen-bond donors (Lipinski definition) is 4. The summed E-state index contributed by atoms with van der Waals surface area (Å²) >= 11 is 0. The van der Waals surface area contributed by atoms with Gasteiger partial charge in [0.05, 0.1) is 6.10 Å². The Labute approximate surface area is 145 Å². The number of phenols is 2. The summed E-state index contributed by atoms with van der Waals surface area (Å²) in [5, 5.41) is 39.4. The Morgan fingerprint density at radius 2 is 1.88 bits per heavy atom. The van der Waals surface area contributed by atoms with Crippen LogP contribution in [-0.4, -0.2) is 50.5 Å². The lowest BCUT2D eigenvalue weighted by Crippen LogP contribution is -2.33. The minimum Gasteiger partial charge on any atom is -0.508 e. The highest BCUT2D eigenvalue weighted by Gasteiger charge is 2.24. The molecule has 25 heavy (non-hydrogen) atoms. The van der Waals surface area contributed by atoms with Crippen molar-refractivity contribution in [1.29, 1.82) is 0 Å². The summed E-state index contributed by atoms with van der Waals surface area (Å²) < 4.78 is 5.27. The van der Waals surface area contributed by atoms with Crippen LogP contribution in [0.5, 0.6) is 11.5 Å². The van der Waals surface area contributed by atoms with Crippen LogP contribution in [-0.2, 0) is 16.0 Å². The Morgan fingerprint density at radius 3 is 2.60 bits per heavy atom. The van der Waals surface area contributed by atoms with Gasteiger partial charge in [0.2, 0.25) is 0 Å². The maximum Gasteiger partial charge on any atom is 0.342 e. The quantitative estimate of drug-likeness (QED) is 0.519. The van der Waals surface area contributed by atoms with Crippen molar-refractivity contribution in [2.24, 2.45) is 0 Å². The maximum atomic E-state index is 12.4. The number of ketones is 1. The number of benzene rings is 1. The van der Waals surface area contributed by atoms with Crippen LogP contribution in [0.4, 0.5) is 0 Å². The van der Waals surface area contributed by atoms with Crippen molar-refractivity contribution in [3.05, 3.63) is 35.4 Å². The number of fused-ring (bicyclic) bond motifs is 1. The fraction of sp³-hybridized carbons (Fsp3) is 0.444. The number of carbonyl (C=O) groups is 2. The van der Waals surface area contributed by atoms with Crippen molar-refractivity contribution in [2.45, 2.75) is 50.9 Å². The van der Waals surface area contributed by atoms with E-state index in [-0.39, 0.29) is 36.3 Å². The first-order valence-electron chi connectivity index (χ1n) is 8.12. The summed E-state index contributed by atoms with van der Waals surface area (Å²) in [6.07, 6.45) is 0.210. The fourth-order valence-electron chi connectivity index (χ4n) is 2.72. The number of aliphatic hydroxyl groups excluding tert-OH is 2. The van der Waals surface area contributed by atoms with Crippen LogP contribution < -0.4 is 0 Å². The first-order valence-corrected chi connectivity index (χ1v) is 8.12. The highest BCUT2D eigenvalue weighted by atomic mass is 16.5. The van der Waals surface area contributed by atoms with E-state index in [4.69, 9.17) is 4.74 Å². The molecular weight excluding hydrogens is 328 g/mol. The van der Waals surface area contributed by atoms with E-state index in [1.165, 1.54) is 12.1 Å². The maximum absolute atomic E-state index is 12.4. The number of esters is 1. The average molecular weight is 350 g/mol. The molecule has 0 saturated carbocycles. The van der Waals surface area contributed by atoms with Gasteiger partial charge < -0.3 is 25.2 Å². The molecule has 3 atom stereocenters. The molecule has 0 unspecified atom stereocenters. The Bertz CT molecular complexity index is 680. The van der Waals surface area contributed by atoms with Gasteiger partial charge in [0, 0.05) is 12.5 Å². The molecular formula is C18H22O7. The van der Waals surface area contributed by atoms with Gasteiger partial charge in [0.15, 0.2) is 5.78 Å². The molecule has 0 radical (unpaired) electrons. The molecule has 7 nitrogen and oxygen atoms in total. The smallest absolute Gasteiger partial charge is 0.342 e. The summed E-state index contributed by atoms with van der Waals surface area (Å²) in [4.78, 5) is 24.1. The van der Waals surface area contributed by atoms with Gasteiger partial charge in [-0.3, -0.25) is 4.79 Å². The van der Waals surface area contributed by atoms with Gasteiger partial charge in [-0.05, 0) is 43.9 Å². The minimum atomic E-state index is -1.52. The number of ether oxygens (including phenoxy) is 1. The molecule has 0 aromatic heterocycles. The second-order valence-electron chi connectivity index (χ2n) is 6.16. The SMILES string of the molecule is C[C@@H]1C/C=C\C(=O)[C@@H](O)[C@@H](O)CCCc2cc(O)cc(O)c2C(=O)O1. The summed E-state index contributed by atoms with van der Waals surface area (Å²) in [6.45, 7) is 1.63. The fourth-order valence-corrected chi connectivity index (χ4v) is 2.72. The van der Waals surface area contributed by atoms with Crippen LogP contribution in [0.25, 0.3) is 0 Å². The van der Waals surface area contributed by atoms with Gasteiger partial charge in [-0.1, -0.05) is 6.08 Å². The van der Waals surface area contributed by atoms with Crippen molar-refractivity contribution in [3.8, 4) is 11.5 Å². The minimum absolute atomic E-state index is 0.0307. The molecule has 0 bridgehead atoms. The van der Waals surface area contributed by atoms with E-state index in [0.717, 1.165) is 12.1 Å². The van der Waals surface area contributed by atoms with Gasteiger partial charge in [-0.25, -0.2) is 4.79 Å². The van der Waals surface area contributed by atoms with Gasteiger partial charge in [-0.2, -0.15) is 0 Å². The Morgan fingerprint density at radius 1 is 1.16 bits per heavy atom.